The minimum absolute atomic E-state index is 0.00613. The Kier molecular flexibility index (Phi) is 5.54. The number of Topliss-reactive ketones (excluding diaryl/α,β-unsaturated/α-hetero) is 1. The average molecular weight is 442 g/mol. The number of hydrogen-bond donors (Lipinski definition) is 0. The van der Waals surface area contributed by atoms with E-state index in [-0.39, 0.29) is 51.3 Å². The predicted molar refractivity (Wildman–Crippen MR) is 101 cm³/mol. The topological polar surface area (TPSA) is 104 Å². The van der Waals surface area contributed by atoms with E-state index in [1.165, 1.54) is 37.7 Å². The van der Waals surface area contributed by atoms with Gasteiger partial charge in [-0.05, 0) is 13.0 Å². The van der Waals surface area contributed by atoms with Crippen molar-refractivity contribution in [3.05, 3.63) is 30.2 Å². The van der Waals surface area contributed by atoms with Crippen molar-refractivity contribution in [2.45, 2.75) is 24.9 Å². The number of sulfone groups is 1. The number of ketones is 1. The van der Waals surface area contributed by atoms with Gasteiger partial charge in [-0.15, -0.1) is 0 Å². The lowest BCUT2D eigenvalue weighted by molar-refractivity contribution is -0.141. The second-order valence-corrected chi connectivity index (χ2v) is 8.71. The number of aromatic nitrogens is 4. The maximum Gasteiger partial charge on any atom is 0.433 e. The number of halogens is 3. The zero-order chi connectivity index (χ0) is 22.3. The summed E-state index contributed by atoms with van der Waals surface area (Å²) < 4.78 is 70.8. The second-order valence-electron chi connectivity index (χ2n) is 6.46. The number of rotatable bonds is 6. The van der Waals surface area contributed by atoms with E-state index < -0.39 is 21.7 Å². The van der Waals surface area contributed by atoms with Gasteiger partial charge in [0.15, 0.2) is 21.4 Å². The zero-order valence-corrected chi connectivity index (χ0v) is 17.0. The van der Waals surface area contributed by atoms with Crippen molar-refractivity contribution in [3.8, 4) is 17.3 Å². The number of alkyl halides is 3. The first kappa shape index (κ1) is 21.7. The van der Waals surface area contributed by atoms with Gasteiger partial charge >= 0.3 is 6.18 Å². The quantitative estimate of drug-likeness (QED) is 0.578. The summed E-state index contributed by atoms with van der Waals surface area (Å²) in [6.07, 6.45) is -2.39. The van der Waals surface area contributed by atoms with E-state index in [1.807, 2.05) is 0 Å². The van der Waals surface area contributed by atoms with Gasteiger partial charge in [-0.3, -0.25) is 4.79 Å². The van der Waals surface area contributed by atoms with Crippen LogP contribution in [0.2, 0.25) is 0 Å². The fourth-order valence-electron chi connectivity index (χ4n) is 2.71. The highest BCUT2D eigenvalue weighted by molar-refractivity contribution is 7.91. The van der Waals surface area contributed by atoms with Gasteiger partial charge in [-0.1, -0.05) is 6.92 Å². The molecule has 0 N–H and O–H groups in total. The van der Waals surface area contributed by atoms with Crippen molar-refractivity contribution >= 4 is 26.7 Å². The molecule has 0 aliphatic carbocycles. The molecule has 0 radical (unpaired) electrons. The van der Waals surface area contributed by atoms with Crippen LogP contribution in [0.1, 0.15) is 19.5 Å². The highest BCUT2D eigenvalue weighted by Gasteiger charge is 2.33. The van der Waals surface area contributed by atoms with Crippen LogP contribution < -0.4 is 4.74 Å². The highest BCUT2D eigenvalue weighted by atomic mass is 32.2. The Morgan fingerprint density at radius 2 is 1.90 bits per heavy atom. The monoisotopic (exact) mass is 442 g/mol. The summed E-state index contributed by atoms with van der Waals surface area (Å²) in [4.78, 5) is 22.6. The van der Waals surface area contributed by atoms with Crippen LogP contribution in [0.4, 0.5) is 13.2 Å². The van der Waals surface area contributed by atoms with Crippen LogP contribution in [0.25, 0.3) is 22.6 Å². The lowest BCUT2D eigenvalue weighted by Gasteiger charge is -2.11. The van der Waals surface area contributed by atoms with E-state index in [1.54, 1.807) is 0 Å². The predicted octanol–water partition coefficient (Wildman–Crippen LogP) is 2.81. The van der Waals surface area contributed by atoms with E-state index >= 15 is 0 Å². The maximum absolute atomic E-state index is 13.0. The van der Waals surface area contributed by atoms with Crippen LogP contribution in [-0.4, -0.2) is 46.1 Å². The summed E-state index contributed by atoms with van der Waals surface area (Å²) in [5.41, 5.74) is -0.883. The lowest BCUT2D eigenvalue weighted by atomic mass is 10.3. The molecule has 0 amide bonds. The molecular formula is C18H17F3N4O4S. The van der Waals surface area contributed by atoms with Crippen molar-refractivity contribution < 1.29 is 31.1 Å². The molecular weight excluding hydrogens is 425 g/mol. The molecule has 0 fully saturated rings. The van der Waals surface area contributed by atoms with E-state index in [0.29, 0.717) is 0 Å². The Bertz CT molecular complexity index is 1240. The molecule has 0 spiro atoms. The third-order valence-electron chi connectivity index (χ3n) is 4.25. The smallest absolute Gasteiger partial charge is 0.433 e. The summed E-state index contributed by atoms with van der Waals surface area (Å²) >= 11 is 0. The Morgan fingerprint density at radius 3 is 2.50 bits per heavy atom. The molecule has 0 bridgehead atoms. The van der Waals surface area contributed by atoms with Crippen LogP contribution in [0.15, 0.2) is 29.4 Å². The zero-order valence-electron chi connectivity index (χ0n) is 16.2. The van der Waals surface area contributed by atoms with E-state index in [0.717, 1.165) is 12.3 Å². The summed E-state index contributed by atoms with van der Waals surface area (Å²) in [5, 5.41) is 0. The van der Waals surface area contributed by atoms with Gasteiger partial charge in [0.05, 0.1) is 29.2 Å². The van der Waals surface area contributed by atoms with Gasteiger partial charge in [0.1, 0.15) is 28.6 Å². The summed E-state index contributed by atoms with van der Waals surface area (Å²) in [7, 11) is -2.28. The van der Waals surface area contributed by atoms with Gasteiger partial charge in [0.2, 0.25) is 0 Å². The molecule has 0 aliphatic heterocycles. The van der Waals surface area contributed by atoms with Crippen LogP contribution in [-0.2, 0) is 27.9 Å². The summed E-state index contributed by atoms with van der Waals surface area (Å²) in [6, 6.07) is 2.01. The van der Waals surface area contributed by atoms with E-state index in [9.17, 15) is 26.4 Å². The highest BCUT2D eigenvalue weighted by Crippen LogP contribution is 2.33. The van der Waals surface area contributed by atoms with E-state index in [4.69, 9.17) is 4.74 Å². The number of pyridine rings is 2. The van der Waals surface area contributed by atoms with Crippen LogP contribution in [0.3, 0.4) is 0 Å². The average Bonchev–Trinajstić information content (AvgIpc) is 3.01. The Morgan fingerprint density at radius 1 is 1.20 bits per heavy atom. The van der Waals surface area contributed by atoms with Gasteiger partial charge < -0.3 is 9.30 Å². The third kappa shape index (κ3) is 4.13. The van der Waals surface area contributed by atoms with Gasteiger partial charge in [-0.2, -0.15) is 13.2 Å². The molecule has 3 aromatic rings. The van der Waals surface area contributed by atoms with Crippen molar-refractivity contribution in [2.75, 3.05) is 12.4 Å². The first-order valence-corrected chi connectivity index (χ1v) is 10.3. The number of carbonyl (C=O) groups is 1. The minimum atomic E-state index is -4.64. The fraction of sp³-hybridized carbons (Fsp3) is 0.333. The summed E-state index contributed by atoms with van der Waals surface area (Å²) in [6.45, 7) is 2.50. The molecule has 0 saturated heterocycles. The van der Waals surface area contributed by atoms with Crippen LogP contribution >= 0.6 is 0 Å². The maximum atomic E-state index is 13.0. The molecule has 30 heavy (non-hydrogen) atoms. The molecule has 3 heterocycles. The molecule has 3 rings (SSSR count). The van der Waals surface area contributed by atoms with Crippen molar-refractivity contribution in [1.82, 2.24) is 19.5 Å². The first-order valence-electron chi connectivity index (χ1n) is 8.69. The molecule has 3 aromatic heterocycles. The lowest BCUT2D eigenvalue weighted by Crippen LogP contribution is -2.11. The van der Waals surface area contributed by atoms with Crippen molar-refractivity contribution in [3.63, 3.8) is 0 Å². The Hall–Kier alpha value is -3.02. The molecule has 0 aromatic carbocycles. The van der Waals surface area contributed by atoms with Gasteiger partial charge in [0.25, 0.3) is 0 Å². The molecule has 0 aliphatic rings. The number of nitrogens with zero attached hydrogens (tertiary/aromatic N) is 4. The van der Waals surface area contributed by atoms with Gasteiger partial charge in [0, 0.05) is 13.1 Å². The largest absolute Gasteiger partial charge is 0.484 e. The standard InChI is InChI=1S/C18H17F3N4O4S/c1-4-30(27,28)14-5-11(29-9-10(2)26)7-23-16(14)17-24-12-6-15(18(19,20)21)22-8-13(12)25(17)3/h5-8H,4,9H2,1-3H3. The Balaban J connectivity index is 2.20. The molecule has 0 saturated carbocycles. The Labute approximate surface area is 169 Å². The number of aryl methyl sites for hydroxylation is 1. The summed E-state index contributed by atoms with van der Waals surface area (Å²) in [5.74, 6) is -0.388. The SMILES string of the molecule is CCS(=O)(=O)c1cc(OCC(C)=O)cnc1-c1nc2cc(C(F)(F)F)ncc2n1C. The number of carbonyl (C=O) groups excluding carboxylic acids is 1. The third-order valence-corrected chi connectivity index (χ3v) is 6.00. The van der Waals surface area contributed by atoms with Crippen LogP contribution in [0, 0.1) is 0 Å². The number of hydrogen-bond acceptors (Lipinski definition) is 7. The molecule has 12 heteroatoms. The van der Waals surface area contributed by atoms with Crippen LogP contribution in [0.5, 0.6) is 5.75 Å². The normalized spacial score (nSPS) is 12.3. The van der Waals surface area contributed by atoms with Crippen molar-refractivity contribution in [1.29, 1.82) is 0 Å². The molecule has 0 atom stereocenters. The molecule has 160 valence electrons. The first-order chi connectivity index (χ1) is 13.9. The second kappa shape index (κ2) is 7.67. The number of imidazole rings is 1. The number of ether oxygens (including phenoxy) is 1. The van der Waals surface area contributed by atoms with Crippen molar-refractivity contribution in [2.24, 2.45) is 7.05 Å². The fourth-order valence-corrected chi connectivity index (χ4v) is 3.75. The minimum Gasteiger partial charge on any atom is -0.484 e. The van der Waals surface area contributed by atoms with Gasteiger partial charge in [-0.25, -0.2) is 23.4 Å². The molecule has 8 nitrogen and oxygen atoms in total. The molecule has 0 unspecified atom stereocenters. The van der Waals surface area contributed by atoms with E-state index in [2.05, 4.69) is 15.0 Å². The number of fused-ring (bicyclic) bond motifs is 1.